The number of rotatable bonds is 7. The number of carbonyl (C=O) groups is 1. The molecule has 0 aliphatic carbocycles. The molecule has 1 aliphatic heterocycles. The number of fused-ring (bicyclic) bond motifs is 1. The monoisotopic (exact) mass is 541 g/mol. The topological polar surface area (TPSA) is 109 Å². The number of nitrogens with zero attached hydrogens (tertiary/aromatic N) is 3. The number of aliphatic hydroxyl groups excluding tert-OH is 1. The predicted octanol–water partition coefficient (Wildman–Crippen LogP) is 2.39. The Balaban J connectivity index is 1.96. The summed E-state index contributed by atoms with van der Waals surface area (Å²) in [6, 6.07) is 7.60. The van der Waals surface area contributed by atoms with E-state index in [-0.39, 0.29) is 53.6 Å². The Labute approximate surface area is 202 Å². The van der Waals surface area contributed by atoms with Gasteiger partial charge in [-0.05, 0) is 41.1 Å². The van der Waals surface area contributed by atoms with Gasteiger partial charge >= 0.3 is 0 Å². The predicted molar refractivity (Wildman–Crippen MR) is 126 cm³/mol. The Kier molecular flexibility index (Phi) is 7.99. The molecule has 3 rings (SSSR count). The number of sulfonamides is 1. The highest BCUT2D eigenvalue weighted by Gasteiger charge is 2.36. The molecule has 2 heterocycles. The largest absolute Gasteiger partial charge is 0.495 e. The van der Waals surface area contributed by atoms with Gasteiger partial charge in [0, 0.05) is 30.2 Å². The van der Waals surface area contributed by atoms with Gasteiger partial charge in [0.1, 0.15) is 22.3 Å². The number of para-hydroxylation sites is 1. The number of carbonyl (C=O) groups excluding carboxylic acids is 1. The van der Waals surface area contributed by atoms with E-state index >= 15 is 0 Å². The maximum atomic E-state index is 13.3. The molecule has 180 valence electrons. The highest BCUT2D eigenvalue weighted by atomic mass is 79.9. The lowest BCUT2D eigenvalue weighted by Gasteiger charge is -2.37. The molecule has 0 saturated heterocycles. The van der Waals surface area contributed by atoms with E-state index in [9.17, 15) is 18.3 Å². The molecule has 0 fully saturated rings. The standard InChI is InChI=1S/C22H28BrN3O6S/c1-14-11-26(15(2)13-27)22(28)17-9-16(23)10-24-21(17)32-19(14)12-25(3)33(29,30)20-8-6-5-7-18(20)31-4/h5-10,14-15,19,27H,11-13H2,1-4H3/t14-,15-,19-/m1/s1. The third-order valence-electron chi connectivity index (χ3n) is 5.68. The van der Waals surface area contributed by atoms with Crippen LogP contribution in [0.15, 0.2) is 45.9 Å². The molecule has 33 heavy (non-hydrogen) atoms. The van der Waals surface area contributed by atoms with Crippen molar-refractivity contribution in [3.8, 4) is 11.6 Å². The number of benzene rings is 1. The summed E-state index contributed by atoms with van der Waals surface area (Å²) >= 11 is 3.33. The van der Waals surface area contributed by atoms with Gasteiger partial charge in [-0.25, -0.2) is 13.4 Å². The van der Waals surface area contributed by atoms with Gasteiger partial charge in [0.25, 0.3) is 5.91 Å². The Morgan fingerprint density at radius 3 is 2.76 bits per heavy atom. The van der Waals surface area contributed by atoms with Crippen molar-refractivity contribution in [1.29, 1.82) is 0 Å². The van der Waals surface area contributed by atoms with Crippen molar-refractivity contribution >= 4 is 31.9 Å². The molecule has 1 aliphatic rings. The molecule has 1 aromatic heterocycles. The smallest absolute Gasteiger partial charge is 0.259 e. The molecule has 0 spiro atoms. The zero-order chi connectivity index (χ0) is 24.3. The van der Waals surface area contributed by atoms with Crippen LogP contribution in [-0.2, 0) is 10.0 Å². The number of methoxy groups -OCH3 is 1. The molecule has 9 nitrogen and oxygen atoms in total. The first-order valence-electron chi connectivity index (χ1n) is 10.4. The van der Waals surface area contributed by atoms with E-state index in [0.29, 0.717) is 4.47 Å². The third-order valence-corrected chi connectivity index (χ3v) is 7.98. The second-order valence-electron chi connectivity index (χ2n) is 8.07. The first-order valence-corrected chi connectivity index (χ1v) is 12.7. The van der Waals surface area contributed by atoms with E-state index in [1.807, 2.05) is 6.92 Å². The molecule has 1 N–H and O–H groups in total. The summed E-state index contributed by atoms with van der Waals surface area (Å²) < 4.78 is 39.7. The van der Waals surface area contributed by atoms with Gasteiger partial charge in [-0.15, -0.1) is 0 Å². The summed E-state index contributed by atoms with van der Waals surface area (Å²) in [5.41, 5.74) is 0.247. The molecule has 3 atom stereocenters. The second-order valence-corrected chi connectivity index (χ2v) is 11.0. The highest BCUT2D eigenvalue weighted by molar-refractivity contribution is 9.10. The quantitative estimate of drug-likeness (QED) is 0.573. The summed E-state index contributed by atoms with van der Waals surface area (Å²) in [5, 5.41) is 9.70. The van der Waals surface area contributed by atoms with E-state index < -0.39 is 22.2 Å². The number of amides is 1. The number of aromatic nitrogens is 1. The zero-order valence-electron chi connectivity index (χ0n) is 18.9. The number of likely N-dealkylation sites (N-methyl/N-ethyl adjacent to an activating group) is 1. The minimum Gasteiger partial charge on any atom is -0.495 e. The first kappa shape index (κ1) is 25.4. The van der Waals surface area contributed by atoms with Crippen LogP contribution in [0.4, 0.5) is 0 Å². The summed E-state index contributed by atoms with van der Waals surface area (Å²) in [5.74, 6) is -0.183. The fourth-order valence-corrected chi connectivity index (χ4v) is 5.31. The van der Waals surface area contributed by atoms with Gasteiger partial charge in [-0.1, -0.05) is 19.1 Å². The third kappa shape index (κ3) is 5.32. The van der Waals surface area contributed by atoms with Gasteiger partial charge < -0.3 is 19.5 Å². The molecule has 0 bridgehead atoms. The van der Waals surface area contributed by atoms with Gasteiger partial charge in [0.2, 0.25) is 15.9 Å². The first-order chi connectivity index (χ1) is 15.6. The average molecular weight is 542 g/mol. The number of halogens is 1. The number of hydrogen-bond acceptors (Lipinski definition) is 7. The van der Waals surface area contributed by atoms with Crippen LogP contribution in [0.25, 0.3) is 0 Å². The van der Waals surface area contributed by atoms with E-state index in [0.717, 1.165) is 0 Å². The minimum absolute atomic E-state index is 0.0221. The molecule has 11 heteroatoms. The van der Waals surface area contributed by atoms with Gasteiger partial charge in [0.15, 0.2) is 0 Å². The minimum atomic E-state index is -3.88. The maximum Gasteiger partial charge on any atom is 0.259 e. The van der Waals surface area contributed by atoms with Crippen LogP contribution in [0.3, 0.4) is 0 Å². The Morgan fingerprint density at radius 2 is 2.09 bits per heavy atom. The van der Waals surface area contributed by atoms with Gasteiger partial charge in [-0.2, -0.15) is 4.31 Å². The Morgan fingerprint density at radius 1 is 1.39 bits per heavy atom. The molecule has 2 aromatic rings. The van der Waals surface area contributed by atoms with E-state index in [1.54, 1.807) is 36.1 Å². The number of pyridine rings is 1. The molecule has 0 unspecified atom stereocenters. The summed E-state index contributed by atoms with van der Waals surface area (Å²) in [6.07, 6.45) is 0.915. The van der Waals surface area contributed by atoms with Crippen molar-refractivity contribution in [3.63, 3.8) is 0 Å². The van der Waals surface area contributed by atoms with Gasteiger partial charge in [0.05, 0.1) is 26.3 Å². The van der Waals surface area contributed by atoms with Crippen LogP contribution in [-0.4, -0.2) is 79.6 Å². The van der Waals surface area contributed by atoms with Crippen molar-refractivity contribution in [2.45, 2.75) is 30.9 Å². The van der Waals surface area contributed by atoms with Crippen molar-refractivity contribution in [2.24, 2.45) is 5.92 Å². The van der Waals surface area contributed by atoms with Crippen LogP contribution in [0, 0.1) is 5.92 Å². The van der Waals surface area contributed by atoms with Gasteiger partial charge in [-0.3, -0.25) is 4.79 Å². The lowest BCUT2D eigenvalue weighted by molar-refractivity contribution is 0.0373. The fourth-order valence-electron chi connectivity index (χ4n) is 3.65. The fraction of sp³-hybridized carbons (Fsp3) is 0.455. The summed E-state index contributed by atoms with van der Waals surface area (Å²) in [7, 11) is -0.977. The molecule has 1 aromatic carbocycles. The lowest BCUT2D eigenvalue weighted by Crippen LogP contribution is -2.50. The molecule has 0 saturated carbocycles. The normalized spacial score (nSPS) is 20.0. The van der Waals surface area contributed by atoms with Crippen LogP contribution < -0.4 is 9.47 Å². The summed E-state index contributed by atoms with van der Waals surface area (Å²) in [6.45, 7) is 3.73. The zero-order valence-corrected chi connectivity index (χ0v) is 21.3. The maximum absolute atomic E-state index is 13.3. The van der Waals surface area contributed by atoms with E-state index in [2.05, 4.69) is 20.9 Å². The van der Waals surface area contributed by atoms with Crippen molar-refractivity contribution in [2.75, 3.05) is 33.9 Å². The Bertz CT molecular complexity index is 1110. The van der Waals surface area contributed by atoms with Crippen LogP contribution >= 0.6 is 15.9 Å². The van der Waals surface area contributed by atoms with Crippen LogP contribution in [0.1, 0.15) is 24.2 Å². The number of hydrogen-bond donors (Lipinski definition) is 1. The SMILES string of the molecule is COc1ccccc1S(=O)(=O)N(C)C[C@H]1Oc2ncc(Br)cc2C(=O)N([C@H](C)CO)C[C@H]1C. The second kappa shape index (κ2) is 10.4. The van der Waals surface area contributed by atoms with Crippen LogP contribution in [0.5, 0.6) is 11.6 Å². The molecular formula is C22H28BrN3O6S. The highest BCUT2D eigenvalue weighted by Crippen LogP contribution is 2.30. The van der Waals surface area contributed by atoms with E-state index in [1.165, 1.54) is 30.7 Å². The Hall–Kier alpha value is -2.21. The number of aliphatic hydroxyl groups is 1. The average Bonchev–Trinajstić information content (AvgIpc) is 2.81. The molecule has 1 amide bonds. The van der Waals surface area contributed by atoms with E-state index in [4.69, 9.17) is 9.47 Å². The lowest BCUT2D eigenvalue weighted by atomic mass is 10.0. The number of ether oxygens (including phenoxy) is 2. The van der Waals surface area contributed by atoms with Crippen LogP contribution in [0.2, 0.25) is 0 Å². The molecular weight excluding hydrogens is 514 g/mol. The van der Waals surface area contributed by atoms with Crippen molar-refractivity contribution in [3.05, 3.63) is 46.6 Å². The molecule has 0 radical (unpaired) electrons. The van der Waals surface area contributed by atoms with Crippen molar-refractivity contribution < 1.29 is 27.8 Å². The summed E-state index contributed by atoms with van der Waals surface area (Å²) in [4.78, 5) is 19.1. The van der Waals surface area contributed by atoms with Crippen molar-refractivity contribution in [1.82, 2.24) is 14.2 Å².